The number of rotatable bonds is 5. The third-order valence-corrected chi connectivity index (χ3v) is 6.64. The lowest BCUT2D eigenvalue weighted by molar-refractivity contribution is 0.0177. The highest BCUT2D eigenvalue weighted by Crippen LogP contribution is 2.29. The Balaban J connectivity index is 1.45. The monoisotopic (exact) mass is 422 g/mol. The Kier molecular flexibility index (Phi) is 7.22. The molecular weight excluding hydrogens is 388 g/mol. The SMILES string of the molecule is CS(=O)N1CCc2c(cccc2OCCC2CCN(C(=O)OC(C)(C)C)CC2)C1. The van der Waals surface area contributed by atoms with Crippen molar-refractivity contribution < 1.29 is 18.5 Å². The van der Waals surface area contributed by atoms with Gasteiger partial charge >= 0.3 is 6.09 Å². The van der Waals surface area contributed by atoms with E-state index in [0.29, 0.717) is 12.5 Å². The van der Waals surface area contributed by atoms with E-state index in [0.717, 1.165) is 57.6 Å². The Morgan fingerprint density at radius 1 is 1.21 bits per heavy atom. The highest BCUT2D eigenvalue weighted by Gasteiger charge is 2.27. The molecule has 29 heavy (non-hydrogen) atoms. The summed E-state index contributed by atoms with van der Waals surface area (Å²) in [5.74, 6) is 1.54. The van der Waals surface area contributed by atoms with Gasteiger partial charge in [0, 0.05) is 32.4 Å². The van der Waals surface area contributed by atoms with Crippen molar-refractivity contribution in [3.8, 4) is 5.75 Å². The lowest BCUT2D eigenvalue weighted by Gasteiger charge is -2.33. The van der Waals surface area contributed by atoms with E-state index in [1.165, 1.54) is 11.1 Å². The first-order valence-corrected chi connectivity index (χ1v) is 12.0. The molecule has 7 heteroatoms. The van der Waals surface area contributed by atoms with E-state index >= 15 is 0 Å². The van der Waals surface area contributed by atoms with Gasteiger partial charge in [0.15, 0.2) is 0 Å². The Bertz CT molecular complexity index is 739. The van der Waals surface area contributed by atoms with Crippen molar-refractivity contribution in [2.45, 2.75) is 58.6 Å². The molecule has 0 aromatic heterocycles. The van der Waals surface area contributed by atoms with Crippen molar-refractivity contribution in [2.24, 2.45) is 5.92 Å². The number of piperidine rings is 1. The number of benzene rings is 1. The van der Waals surface area contributed by atoms with Gasteiger partial charge in [0.2, 0.25) is 0 Å². The van der Waals surface area contributed by atoms with Gasteiger partial charge in [-0.2, -0.15) is 0 Å². The average Bonchev–Trinajstić information content (AvgIpc) is 2.67. The molecule has 2 heterocycles. The molecule has 1 atom stereocenters. The van der Waals surface area contributed by atoms with Crippen molar-refractivity contribution in [2.75, 3.05) is 32.5 Å². The molecule has 0 radical (unpaired) electrons. The number of carbonyl (C=O) groups is 1. The third kappa shape index (κ3) is 6.19. The smallest absolute Gasteiger partial charge is 0.410 e. The van der Waals surface area contributed by atoms with Crippen LogP contribution in [0, 0.1) is 5.92 Å². The summed E-state index contributed by atoms with van der Waals surface area (Å²) in [5, 5.41) is 0. The minimum Gasteiger partial charge on any atom is -0.493 e. The first-order valence-electron chi connectivity index (χ1n) is 10.5. The number of hydrogen-bond acceptors (Lipinski definition) is 4. The number of fused-ring (bicyclic) bond motifs is 1. The topological polar surface area (TPSA) is 59.1 Å². The molecule has 2 aliphatic rings. The van der Waals surface area contributed by atoms with Gasteiger partial charge in [0.25, 0.3) is 0 Å². The summed E-state index contributed by atoms with van der Waals surface area (Å²) >= 11 is 0. The fourth-order valence-corrected chi connectivity index (χ4v) is 4.64. The van der Waals surface area contributed by atoms with E-state index in [1.807, 2.05) is 42.1 Å². The average molecular weight is 423 g/mol. The predicted octanol–water partition coefficient (Wildman–Crippen LogP) is 3.75. The minimum atomic E-state index is -0.931. The number of nitrogens with zero attached hydrogens (tertiary/aromatic N) is 2. The van der Waals surface area contributed by atoms with E-state index in [-0.39, 0.29) is 6.09 Å². The van der Waals surface area contributed by atoms with Crippen LogP contribution in [0.25, 0.3) is 0 Å². The molecule has 1 fully saturated rings. The number of likely N-dealkylation sites (tertiary alicyclic amines) is 1. The summed E-state index contributed by atoms with van der Waals surface area (Å²) in [5.41, 5.74) is 2.03. The second kappa shape index (κ2) is 9.47. The van der Waals surface area contributed by atoms with Crippen molar-refractivity contribution in [3.05, 3.63) is 29.3 Å². The van der Waals surface area contributed by atoms with Crippen LogP contribution in [0.2, 0.25) is 0 Å². The molecule has 0 spiro atoms. The van der Waals surface area contributed by atoms with Gasteiger partial charge in [-0.25, -0.2) is 13.3 Å². The van der Waals surface area contributed by atoms with Gasteiger partial charge in [-0.15, -0.1) is 0 Å². The Morgan fingerprint density at radius 3 is 2.59 bits per heavy atom. The summed E-state index contributed by atoms with van der Waals surface area (Å²) in [6.45, 7) is 9.42. The van der Waals surface area contributed by atoms with Crippen LogP contribution in [-0.2, 0) is 28.7 Å². The van der Waals surface area contributed by atoms with Crippen LogP contribution in [0.5, 0.6) is 5.75 Å². The van der Waals surface area contributed by atoms with Crippen LogP contribution >= 0.6 is 0 Å². The van der Waals surface area contributed by atoms with Crippen LogP contribution in [0.15, 0.2) is 18.2 Å². The van der Waals surface area contributed by atoms with Crippen LogP contribution in [0.4, 0.5) is 4.79 Å². The van der Waals surface area contributed by atoms with E-state index < -0.39 is 16.6 Å². The molecule has 1 amide bonds. The predicted molar refractivity (Wildman–Crippen MR) is 115 cm³/mol. The van der Waals surface area contributed by atoms with Crippen molar-refractivity contribution in [1.29, 1.82) is 0 Å². The summed E-state index contributed by atoms with van der Waals surface area (Å²) < 4.78 is 25.3. The maximum atomic E-state index is 12.2. The molecule has 2 aliphatic heterocycles. The summed E-state index contributed by atoms with van der Waals surface area (Å²) in [7, 11) is -0.931. The maximum Gasteiger partial charge on any atom is 0.410 e. The highest BCUT2D eigenvalue weighted by molar-refractivity contribution is 7.81. The molecule has 1 aromatic carbocycles. The minimum absolute atomic E-state index is 0.204. The third-order valence-electron chi connectivity index (χ3n) is 5.60. The van der Waals surface area contributed by atoms with Crippen molar-refractivity contribution >= 4 is 17.1 Å². The van der Waals surface area contributed by atoms with Gasteiger partial charge in [0.05, 0.1) is 17.6 Å². The van der Waals surface area contributed by atoms with E-state index in [1.54, 1.807) is 6.26 Å². The molecule has 0 aliphatic carbocycles. The first kappa shape index (κ1) is 22.1. The molecule has 6 nitrogen and oxygen atoms in total. The van der Waals surface area contributed by atoms with Gasteiger partial charge < -0.3 is 14.4 Å². The summed E-state index contributed by atoms with van der Waals surface area (Å²) in [6, 6.07) is 6.17. The summed E-state index contributed by atoms with van der Waals surface area (Å²) in [6.07, 6.45) is 5.39. The van der Waals surface area contributed by atoms with Crippen molar-refractivity contribution in [1.82, 2.24) is 9.21 Å². The number of carbonyl (C=O) groups excluding carboxylic acids is 1. The Hall–Kier alpha value is -1.60. The molecule has 1 saturated heterocycles. The lowest BCUT2D eigenvalue weighted by Crippen LogP contribution is -2.41. The number of amides is 1. The Morgan fingerprint density at radius 2 is 1.93 bits per heavy atom. The highest BCUT2D eigenvalue weighted by atomic mass is 32.2. The van der Waals surface area contributed by atoms with Gasteiger partial charge in [0.1, 0.15) is 11.4 Å². The number of ether oxygens (including phenoxy) is 2. The first-order chi connectivity index (χ1) is 13.7. The normalized spacial score (nSPS) is 19.5. The number of hydrogen-bond donors (Lipinski definition) is 0. The van der Waals surface area contributed by atoms with Crippen LogP contribution in [-0.4, -0.2) is 57.6 Å². The van der Waals surface area contributed by atoms with Crippen LogP contribution in [0.3, 0.4) is 0 Å². The molecule has 3 rings (SSSR count). The zero-order valence-electron chi connectivity index (χ0n) is 18.1. The molecule has 1 aromatic rings. The molecule has 0 N–H and O–H groups in total. The van der Waals surface area contributed by atoms with Gasteiger partial charge in [-0.05, 0) is 69.6 Å². The molecular formula is C22H34N2O4S. The standard InChI is InChI=1S/C22H34N2O4S/c1-22(2,3)28-21(25)23-12-8-17(9-13-23)11-15-27-20-7-5-6-18-16-24(29(4)26)14-10-19(18)20/h5-7,17H,8-16H2,1-4H3. The molecule has 0 bridgehead atoms. The van der Waals surface area contributed by atoms with Crippen LogP contribution in [0.1, 0.15) is 51.2 Å². The molecule has 1 unspecified atom stereocenters. The van der Waals surface area contributed by atoms with Gasteiger partial charge in [-0.1, -0.05) is 12.1 Å². The zero-order chi connectivity index (χ0) is 21.0. The summed E-state index contributed by atoms with van der Waals surface area (Å²) in [4.78, 5) is 14.0. The fraction of sp³-hybridized carbons (Fsp3) is 0.682. The van der Waals surface area contributed by atoms with Crippen molar-refractivity contribution in [3.63, 3.8) is 0 Å². The molecule has 162 valence electrons. The fourth-order valence-electron chi connectivity index (χ4n) is 3.97. The Labute approximate surface area is 177 Å². The largest absolute Gasteiger partial charge is 0.493 e. The maximum absolute atomic E-state index is 12.2. The van der Waals surface area contributed by atoms with Crippen LogP contribution < -0.4 is 4.74 Å². The molecule has 0 saturated carbocycles. The van der Waals surface area contributed by atoms with E-state index in [2.05, 4.69) is 6.07 Å². The van der Waals surface area contributed by atoms with E-state index in [9.17, 15) is 9.00 Å². The second-order valence-corrected chi connectivity index (χ2v) is 10.3. The second-order valence-electron chi connectivity index (χ2n) is 8.98. The quantitative estimate of drug-likeness (QED) is 0.725. The lowest BCUT2D eigenvalue weighted by atomic mass is 9.94. The van der Waals surface area contributed by atoms with Gasteiger partial charge in [-0.3, -0.25) is 0 Å². The van der Waals surface area contributed by atoms with E-state index in [4.69, 9.17) is 9.47 Å². The zero-order valence-corrected chi connectivity index (χ0v) is 18.9.